The van der Waals surface area contributed by atoms with Crippen molar-refractivity contribution >= 4 is 29.6 Å². The highest BCUT2D eigenvalue weighted by atomic mass is 16.4. The second-order valence-electron chi connectivity index (χ2n) is 6.25. The molecule has 0 aliphatic carbocycles. The van der Waals surface area contributed by atoms with E-state index in [9.17, 15) is 24.0 Å². The number of hydrogen-bond acceptors (Lipinski definition) is 6. The van der Waals surface area contributed by atoms with Crippen LogP contribution in [0.5, 0.6) is 0 Å². The van der Waals surface area contributed by atoms with Gasteiger partial charge in [0.1, 0.15) is 12.1 Å². The van der Waals surface area contributed by atoms with Gasteiger partial charge in [0.15, 0.2) is 0 Å². The van der Waals surface area contributed by atoms with Crippen molar-refractivity contribution in [1.29, 1.82) is 0 Å². The van der Waals surface area contributed by atoms with Crippen LogP contribution in [0.15, 0.2) is 0 Å². The van der Waals surface area contributed by atoms with E-state index in [-0.39, 0.29) is 25.7 Å². The van der Waals surface area contributed by atoms with Crippen LogP contribution in [-0.4, -0.2) is 52.8 Å². The molecule has 0 radical (unpaired) electrons. The number of nitrogens with two attached hydrogens (primary N) is 3. The van der Waals surface area contributed by atoms with E-state index in [1.54, 1.807) is 13.8 Å². The summed E-state index contributed by atoms with van der Waals surface area (Å²) in [5.74, 6) is -4.45. The minimum absolute atomic E-state index is 0.0188. The van der Waals surface area contributed by atoms with Gasteiger partial charge >= 0.3 is 5.97 Å². The summed E-state index contributed by atoms with van der Waals surface area (Å²) in [5, 5.41) is 13.8. The van der Waals surface area contributed by atoms with Crippen molar-refractivity contribution in [2.75, 3.05) is 0 Å². The first-order valence-electron chi connectivity index (χ1n) is 8.11. The number of hydrogen-bond donors (Lipinski definition) is 6. The molecule has 0 rings (SSSR count). The Bertz CT molecular complexity index is 551. The van der Waals surface area contributed by atoms with Crippen molar-refractivity contribution in [3.05, 3.63) is 0 Å². The lowest BCUT2D eigenvalue weighted by Gasteiger charge is -2.24. The number of primary amides is 2. The van der Waals surface area contributed by atoms with E-state index in [4.69, 9.17) is 22.3 Å². The first-order valence-corrected chi connectivity index (χ1v) is 8.11. The van der Waals surface area contributed by atoms with Crippen LogP contribution in [0.3, 0.4) is 0 Å². The van der Waals surface area contributed by atoms with E-state index in [1.807, 2.05) is 0 Å². The molecule has 0 bridgehead atoms. The summed E-state index contributed by atoms with van der Waals surface area (Å²) < 4.78 is 0. The Morgan fingerprint density at radius 2 is 1.38 bits per heavy atom. The van der Waals surface area contributed by atoms with Crippen molar-refractivity contribution in [2.45, 2.75) is 57.7 Å². The van der Waals surface area contributed by atoms with Crippen LogP contribution >= 0.6 is 0 Å². The normalized spacial score (nSPS) is 14.2. The second kappa shape index (κ2) is 11.0. The molecule has 0 saturated carbocycles. The van der Waals surface area contributed by atoms with Gasteiger partial charge in [0.25, 0.3) is 0 Å². The zero-order valence-corrected chi connectivity index (χ0v) is 14.9. The summed E-state index contributed by atoms with van der Waals surface area (Å²) in [6, 6.07) is -3.46. The highest BCUT2D eigenvalue weighted by Gasteiger charge is 2.29. The maximum atomic E-state index is 12.3. The first-order chi connectivity index (χ1) is 12.0. The first kappa shape index (κ1) is 23.3. The molecule has 0 aromatic heterocycles. The Morgan fingerprint density at radius 1 is 0.885 bits per heavy atom. The van der Waals surface area contributed by atoms with Crippen LogP contribution in [0.1, 0.15) is 39.5 Å². The monoisotopic (exact) mass is 373 g/mol. The number of carbonyl (C=O) groups is 5. The van der Waals surface area contributed by atoms with E-state index in [1.165, 1.54) is 0 Å². The smallest absolute Gasteiger partial charge is 0.326 e. The largest absolute Gasteiger partial charge is 0.480 e. The minimum Gasteiger partial charge on any atom is -0.480 e. The van der Waals surface area contributed by atoms with Gasteiger partial charge in [-0.2, -0.15) is 0 Å². The van der Waals surface area contributed by atoms with Crippen molar-refractivity contribution in [2.24, 2.45) is 23.1 Å². The maximum Gasteiger partial charge on any atom is 0.326 e. The molecule has 0 fully saturated rings. The molecule has 0 spiro atoms. The number of rotatable bonds is 12. The van der Waals surface area contributed by atoms with Crippen molar-refractivity contribution in [3.8, 4) is 0 Å². The number of amides is 4. The lowest BCUT2D eigenvalue weighted by atomic mass is 10.0. The quantitative estimate of drug-likeness (QED) is 0.217. The van der Waals surface area contributed by atoms with Crippen LogP contribution < -0.4 is 27.8 Å². The summed E-state index contributed by atoms with van der Waals surface area (Å²) in [6.45, 7) is 3.21. The average Bonchev–Trinajstić information content (AvgIpc) is 2.52. The van der Waals surface area contributed by atoms with Crippen LogP contribution in [0.2, 0.25) is 0 Å². The third-order valence-corrected chi connectivity index (χ3v) is 3.58. The standard InChI is InChI=1S/C15H27N5O6/c1-7(2)12(15(25)26)20-14(24)9(4-6-11(18)22)19-13(23)8(16)3-5-10(17)21/h7-9,12H,3-6,16H2,1-2H3,(H2,17,21)(H2,18,22)(H,19,23)(H,20,24)(H,25,26)/t8-,9-,12-/m0/s1. The number of carboxylic acid groups (broad SMARTS) is 1. The fraction of sp³-hybridized carbons (Fsp3) is 0.667. The molecule has 0 aromatic carbocycles. The molecule has 0 aliphatic heterocycles. The molecule has 11 heteroatoms. The van der Waals surface area contributed by atoms with Gasteiger partial charge in [0.2, 0.25) is 23.6 Å². The molecule has 4 amide bonds. The molecule has 26 heavy (non-hydrogen) atoms. The van der Waals surface area contributed by atoms with Gasteiger partial charge < -0.3 is 32.9 Å². The number of carbonyl (C=O) groups excluding carboxylic acids is 4. The zero-order chi connectivity index (χ0) is 20.4. The van der Waals surface area contributed by atoms with Gasteiger partial charge in [0, 0.05) is 12.8 Å². The van der Waals surface area contributed by atoms with Gasteiger partial charge in [-0.15, -0.1) is 0 Å². The number of aliphatic carboxylic acids is 1. The summed E-state index contributed by atoms with van der Waals surface area (Å²) in [5.41, 5.74) is 15.7. The Morgan fingerprint density at radius 3 is 1.81 bits per heavy atom. The van der Waals surface area contributed by atoms with Gasteiger partial charge in [-0.05, 0) is 18.8 Å². The highest BCUT2D eigenvalue weighted by molar-refractivity contribution is 5.92. The van der Waals surface area contributed by atoms with Gasteiger partial charge in [0.05, 0.1) is 6.04 Å². The van der Waals surface area contributed by atoms with Crippen LogP contribution in [-0.2, 0) is 24.0 Å². The molecule has 11 nitrogen and oxygen atoms in total. The Kier molecular flexibility index (Phi) is 9.89. The topological polar surface area (TPSA) is 208 Å². The highest BCUT2D eigenvalue weighted by Crippen LogP contribution is 2.05. The maximum absolute atomic E-state index is 12.3. The summed E-state index contributed by atoms with van der Waals surface area (Å²) >= 11 is 0. The van der Waals surface area contributed by atoms with E-state index in [0.717, 1.165) is 0 Å². The Labute approximate surface area is 151 Å². The molecule has 0 aliphatic rings. The molecule has 0 saturated heterocycles. The molecule has 3 atom stereocenters. The molecule has 148 valence electrons. The Balaban J connectivity index is 5.05. The molecular weight excluding hydrogens is 346 g/mol. The molecule has 0 aromatic rings. The van der Waals surface area contributed by atoms with Crippen molar-refractivity contribution in [3.63, 3.8) is 0 Å². The third-order valence-electron chi connectivity index (χ3n) is 3.58. The molecule has 9 N–H and O–H groups in total. The summed E-state index contributed by atoms with van der Waals surface area (Å²) in [4.78, 5) is 57.3. The minimum atomic E-state index is -1.23. The van der Waals surface area contributed by atoms with E-state index in [0.29, 0.717) is 0 Å². The third kappa shape index (κ3) is 8.97. The SMILES string of the molecule is CC(C)[C@H](NC(=O)[C@H](CCC(N)=O)NC(=O)[C@@H](N)CCC(N)=O)C(=O)O. The van der Waals surface area contributed by atoms with E-state index < -0.39 is 53.6 Å². The number of nitrogens with one attached hydrogen (secondary N) is 2. The second-order valence-corrected chi connectivity index (χ2v) is 6.25. The van der Waals surface area contributed by atoms with Gasteiger partial charge in [-0.1, -0.05) is 13.8 Å². The fourth-order valence-electron chi connectivity index (χ4n) is 2.03. The van der Waals surface area contributed by atoms with Gasteiger partial charge in [-0.25, -0.2) is 4.79 Å². The van der Waals surface area contributed by atoms with Crippen LogP contribution in [0, 0.1) is 5.92 Å². The molecular formula is C15H27N5O6. The van der Waals surface area contributed by atoms with Crippen molar-refractivity contribution in [1.82, 2.24) is 10.6 Å². The summed E-state index contributed by atoms with van der Waals surface area (Å²) in [6.07, 6.45) is -0.454. The zero-order valence-electron chi connectivity index (χ0n) is 14.9. The van der Waals surface area contributed by atoms with Gasteiger partial charge in [-0.3, -0.25) is 19.2 Å². The fourth-order valence-corrected chi connectivity index (χ4v) is 2.03. The Hall–Kier alpha value is -2.69. The lowest BCUT2D eigenvalue weighted by molar-refractivity contribution is -0.143. The van der Waals surface area contributed by atoms with Crippen LogP contribution in [0.4, 0.5) is 0 Å². The van der Waals surface area contributed by atoms with E-state index in [2.05, 4.69) is 10.6 Å². The van der Waals surface area contributed by atoms with Crippen molar-refractivity contribution < 1.29 is 29.1 Å². The predicted octanol–water partition coefficient (Wildman–Crippen LogP) is -2.45. The average molecular weight is 373 g/mol. The summed E-state index contributed by atoms with van der Waals surface area (Å²) in [7, 11) is 0. The van der Waals surface area contributed by atoms with E-state index >= 15 is 0 Å². The lowest BCUT2D eigenvalue weighted by Crippen LogP contribution is -2.55. The predicted molar refractivity (Wildman–Crippen MR) is 91.2 cm³/mol. The van der Waals surface area contributed by atoms with Crippen LogP contribution in [0.25, 0.3) is 0 Å². The molecule has 0 unspecified atom stereocenters. The number of carboxylic acids is 1. The molecule has 0 heterocycles.